The van der Waals surface area contributed by atoms with Gasteiger partial charge in [-0.2, -0.15) is 11.8 Å². The Kier molecular flexibility index (Phi) is 5.44. The Morgan fingerprint density at radius 3 is 2.26 bits per heavy atom. The molecule has 0 aromatic carbocycles. The summed E-state index contributed by atoms with van der Waals surface area (Å²) in [5.41, 5.74) is 0. The summed E-state index contributed by atoms with van der Waals surface area (Å²) in [7, 11) is 2.04. The largest absolute Gasteiger partial charge is 0.342 e. The molecule has 0 aromatic heterocycles. The predicted octanol–water partition coefficient (Wildman–Crippen LogP) is 2.29. The van der Waals surface area contributed by atoms with Gasteiger partial charge in [-0.1, -0.05) is 0 Å². The van der Waals surface area contributed by atoms with Gasteiger partial charge in [0.1, 0.15) is 0 Å². The highest BCUT2D eigenvalue weighted by Gasteiger charge is 2.37. The molecule has 2 bridgehead atoms. The molecule has 19 heavy (non-hydrogen) atoms. The molecule has 3 fully saturated rings. The fourth-order valence-corrected chi connectivity index (χ4v) is 4.86. The number of amides is 1. The van der Waals surface area contributed by atoms with Crippen LogP contribution in [0.5, 0.6) is 0 Å². The molecule has 0 aliphatic carbocycles. The van der Waals surface area contributed by atoms with Gasteiger partial charge in [0, 0.05) is 31.1 Å². The minimum Gasteiger partial charge on any atom is -0.342 e. The first-order chi connectivity index (χ1) is 8.74. The highest BCUT2D eigenvalue weighted by atomic mass is 35.5. The van der Waals surface area contributed by atoms with E-state index in [0.29, 0.717) is 30.0 Å². The van der Waals surface area contributed by atoms with Crippen LogP contribution < -0.4 is 5.32 Å². The van der Waals surface area contributed by atoms with Crippen LogP contribution >= 0.6 is 24.2 Å². The Morgan fingerprint density at radius 2 is 1.68 bits per heavy atom. The van der Waals surface area contributed by atoms with E-state index in [1.807, 2.05) is 18.8 Å². The van der Waals surface area contributed by atoms with Gasteiger partial charge in [0.25, 0.3) is 0 Å². The van der Waals surface area contributed by atoms with E-state index >= 15 is 0 Å². The number of carbonyl (C=O) groups excluding carboxylic acids is 1. The van der Waals surface area contributed by atoms with E-state index in [-0.39, 0.29) is 12.4 Å². The normalized spacial score (nSPS) is 34.7. The maximum Gasteiger partial charge on any atom is 0.225 e. The number of thioether (sulfide) groups is 1. The average molecular weight is 305 g/mol. The zero-order valence-corrected chi connectivity index (χ0v) is 13.3. The molecule has 3 aliphatic rings. The van der Waals surface area contributed by atoms with Crippen molar-refractivity contribution in [2.75, 3.05) is 18.6 Å². The van der Waals surface area contributed by atoms with Crippen molar-refractivity contribution in [1.82, 2.24) is 10.2 Å². The van der Waals surface area contributed by atoms with Crippen molar-refractivity contribution in [3.63, 3.8) is 0 Å². The number of fused-ring (bicyclic) bond motifs is 2. The minimum absolute atomic E-state index is 0. The van der Waals surface area contributed by atoms with Crippen LogP contribution in [0.15, 0.2) is 0 Å². The van der Waals surface area contributed by atoms with E-state index in [2.05, 4.69) is 10.2 Å². The van der Waals surface area contributed by atoms with Crippen molar-refractivity contribution in [1.29, 1.82) is 0 Å². The van der Waals surface area contributed by atoms with Gasteiger partial charge in [0.2, 0.25) is 5.91 Å². The Morgan fingerprint density at radius 1 is 1.11 bits per heavy atom. The standard InChI is InChI=1S/C14H24N2OS.ClH/c1-16(14(17)10-4-6-18-7-5-10)13-8-11-2-3-12(9-13)15-11;/h10-13,15H,2-9H2,1H3;1H. The van der Waals surface area contributed by atoms with Gasteiger partial charge in [-0.15, -0.1) is 12.4 Å². The van der Waals surface area contributed by atoms with E-state index in [1.165, 1.54) is 37.2 Å². The molecule has 0 saturated carbocycles. The van der Waals surface area contributed by atoms with Crippen molar-refractivity contribution in [3.8, 4) is 0 Å². The lowest BCUT2D eigenvalue weighted by molar-refractivity contribution is -0.137. The van der Waals surface area contributed by atoms with Crippen LogP contribution in [0.25, 0.3) is 0 Å². The smallest absolute Gasteiger partial charge is 0.225 e. The summed E-state index contributed by atoms with van der Waals surface area (Å²) >= 11 is 1.99. The van der Waals surface area contributed by atoms with Crippen molar-refractivity contribution in [2.24, 2.45) is 5.92 Å². The number of piperidine rings is 1. The zero-order valence-electron chi connectivity index (χ0n) is 11.6. The summed E-state index contributed by atoms with van der Waals surface area (Å²) in [5, 5.41) is 3.65. The Labute approximate surface area is 126 Å². The van der Waals surface area contributed by atoms with Crippen LogP contribution in [0.1, 0.15) is 38.5 Å². The lowest BCUT2D eigenvalue weighted by atomic mass is 9.95. The summed E-state index contributed by atoms with van der Waals surface area (Å²) < 4.78 is 0. The first-order valence-corrected chi connectivity index (χ1v) is 8.50. The lowest BCUT2D eigenvalue weighted by Crippen LogP contribution is -2.50. The first kappa shape index (κ1) is 15.5. The van der Waals surface area contributed by atoms with Gasteiger partial charge < -0.3 is 10.2 Å². The SMILES string of the molecule is CN(C(=O)C1CCSCC1)C1CC2CCC(C1)N2.Cl. The average Bonchev–Trinajstić information content (AvgIpc) is 2.77. The molecule has 2 unspecified atom stereocenters. The summed E-state index contributed by atoms with van der Waals surface area (Å²) in [5.74, 6) is 3.06. The minimum atomic E-state index is 0. The van der Waals surface area contributed by atoms with E-state index in [4.69, 9.17) is 0 Å². The molecule has 3 rings (SSSR count). The van der Waals surface area contributed by atoms with Gasteiger partial charge in [-0.3, -0.25) is 4.79 Å². The number of hydrogen-bond donors (Lipinski definition) is 1. The molecule has 3 saturated heterocycles. The third-order valence-electron chi connectivity index (χ3n) is 4.91. The van der Waals surface area contributed by atoms with Crippen LogP contribution in [0.3, 0.4) is 0 Å². The van der Waals surface area contributed by atoms with Crippen molar-refractivity contribution in [3.05, 3.63) is 0 Å². The maximum atomic E-state index is 12.5. The molecule has 3 heterocycles. The van der Waals surface area contributed by atoms with Crippen molar-refractivity contribution < 1.29 is 4.79 Å². The molecule has 0 radical (unpaired) electrons. The number of rotatable bonds is 2. The number of carbonyl (C=O) groups is 1. The molecule has 3 nitrogen and oxygen atoms in total. The maximum absolute atomic E-state index is 12.5. The molecule has 0 aromatic rings. The molecule has 2 atom stereocenters. The molecular weight excluding hydrogens is 280 g/mol. The number of nitrogens with zero attached hydrogens (tertiary/aromatic N) is 1. The fourth-order valence-electron chi connectivity index (χ4n) is 3.76. The Bertz CT molecular complexity index is 311. The summed E-state index contributed by atoms with van der Waals surface area (Å²) in [6, 6.07) is 1.84. The molecule has 5 heteroatoms. The quantitative estimate of drug-likeness (QED) is 0.849. The summed E-state index contributed by atoms with van der Waals surface area (Å²) in [6.07, 6.45) is 7.13. The summed E-state index contributed by atoms with van der Waals surface area (Å²) in [6.45, 7) is 0. The van der Waals surface area contributed by atoms with Crippen LogP contribution in [0.2, 0.25) is 0 Å². The molecule has 3 aliphatic heterocycles. The zero-order chi connectivity index (χ0) is 12.5. The van der Waals surface area contributed by atoms with Crippen LogP contribution in [0.4, 0.5) is 0 Å². The van der Waals surface area contributed by atoms with Crippen LogP contribution in [-0.4, -0.2) is 47.5 Å². The second kappa shape index (κ2) is 6.68. The molecule has 0 spiro atoms. The summed E-state index contributed by atoms with van der Waals surface area (Å²) in [4.78, 5) is 14.6. The van der Waals surface area contributed by atoms with Gasteiger partial charge in [-0.05, 0) is 50.0 Å². The molecule has 1 amide bonds. The van der Waals surface area contributed by atoms with Crippen LogP contribution in [0, 0.1) is 5.92 Å². The third-order valence-corrected chi connectivity index (χ3v) is 5.96. The number of nitrogens with one attached hydrogen (secondary N) is 1. The predicted molar refractivity (Wildman–Crippen MR) is 83.0 cm³/mol. The second-order valence-corrected chi connectivity index (χ2v) is 7.32. The third kappa shape index (κ3) is 3.40. The molecule has 1 N–H and O–H groups in total. The highest BCUT2D eigenvalue weighted by Crippen LogP contribution is 2.31. The van der Waals surface area contributed by atoms with Crippen molar-refractivity contribution >= 4 is 30.1 Å². The Balaban J connectivity index is 0.00000133. The topological polar surface area (TPSA) is 32.3 Å². The van der Waals surface area contributed by atoms with Gasteiger partial charge >= 0.3 is 0 Å². The number of halogens is 1. The van der Waals surface area contributed by atoms with Crippen molar-refractivity contribution in [2.45, 2.75) is 56.7 Å². The van der Waals surface area contributed by atoms with E-state index in [0.717, 1.165) is 12.8 Å². The molecular formula is C14H25ClN2OS. The van der Waals surface area contributed by atoms with Gasteiger partial charge in [-0.25, -0.2) is 0 Å². The van der Waals surface area contributed by atoms with Gasteiger partial charge in [0.15, 0.2) is 0 Å². The van der Waals surface area contributed by atoms with E-state index in [1.54, 1.807) is 0 Å². The highest BCUT2D eigenvalue weighted by molar-refractivity contribution is 7.99. The number of hydrogen-bond acceptors (Lipinski definition) is 3. The second-order valence-electron chi connectivity index (χ2n) is 6.10. The Hall–Kier alpha value is 0.0700. The fraction of sp³-hybridized carbons (Fsp3) is 0.929. The first-order valence-electron chi connectivity index (χ1n) is 7.34. The molecule has 110 valence electrons. The van der Waals surface area contributed by atoms with Gasteiger partial charge in [0.05, 0.1) is 0 Å². The lowest BCUT2D eigenvalue weighted by Gasteiger charge is -2.37. The monoisotopic (exact) mass is 304 g/mol. The van der Waals surface area contributed by atoms with Crippen LogP contribution in [-0.2, 0) is 4.79 Å². The van der Waals surface area contributed by atoms with E-state index < -0.39 is 0 Å². The van der Waals surface area contributed by atoms with E-state index in [9.17, 15) is 4.79 Å².